The summed E-state index contributed by atoms with van der Waals surface area (Å²) in [6.45, 7) is 5.87. The molecule has 0 bridgehead atoms. The molecule has 13 heavy (non-hydrogen) atoms. The second-order valence-corrected chi connectivity index (χ2v) is 2.94. The van der Waals surface area contributed by atoms with Gasteiger partial charge in [-0.15, -0.1) is 0 Å². The third-order valence-corrected chi connectivity index (χ3v) is 1.68. The summed E-state index contributed by atoms with van der Waals surface area (Å²) < 4.78 is 0. The topological polar surface area (TPSA) is 52.6 Å². The van der Waals surface area contributed by atoms with Crippen molar-refractivity contribution in [3.63, 3.8) is 0 Å². The SMILES string of the molecule is CCCNC(=O)N(CCC)CCO. The fraction of sp³-hybridized carbons (Fsp3) is 0.889. The minimum atomic E-state index is -0.0715. The van der Waals surface area contributed by atoms with Crippen LogP contribution in [0.1, 0.15) is 26.7 Å². The Morgan fingerprint density at radius 2 is 2.00 bits per heavy atom. The molecule has 0 aliphatic rings. The van der Waals surface area contributed by atoms with E-state index >= 15 is 0 Å². The zero-order valence-electron chi connectivity index (χ0n) is 8.55. The van der Waals surface area contributed by atoms with E-state index in [-0.39, 0.29) is 12.6 Å². The second-order valence-electron chi connectivity index (χ2n) is 2.94. The van der Waals surface area contributed by atoms with Gasteiger partial charge in [-0.05, 0) is 12.8 Å². The van der Waals surface area contributed by atoms with Gasteiger partial charge in [-0.3, -0.25) is 0 Å². The van der Waals surface area contributed by atoms with Gasteiger partial charge in [-0.2, -0.15) is 0 Å². The van der Waals surface area contributed by atoms with E-state index in [1.54, 1.807) is 4.90 Å². The number of nitrogens with one attached hydrogen (secondary N) is 1. The van der Waals surface area contributed by atoms with Crippen molar-refractivity contribution in [2.45, 2.75) is 26.7 Å². The minimum absolute atomic E-state index is 0.0273. The Kier molecular flexibility index (Phi) is 7.39. The Hall–Kier alpha value is -0.770. The summed E-state index contributed by atoms with van der Waals surface area (Å²) in [5, 5.41) is 11.5. The van der Waals surface area contributed by atoms with Crippen LogP contribution >= 0.6 is 0 Å². The number of aliphatic hydroxyl groups excluding tert-OH is 1. The van der Waals surface area contributed by atoms with Gasteiger partial charge in [0.05, 0.1) is 6.61 Å². The molecule has 78 valence electrons. The predicted molar refractivity (Wildman–Crippen MR) is 52.6 cm³/mol. The van der Waals surface area contributed by atoms with Gasteiger partial charge < -0.3 is 15.3 Å². The summed E-state index contributed by atoms with van der Waals surface area (Å²) in [5.41, 5.74) is 0. The molecule has 2 N–H and O–H groups in total. The standard InChI is InChI=1S/C9H20N2O2/c1-3-5-10-9(13)11(6-4-2)7-8-12/h12H,3-8H2,1-2H3,(H,10,13). The fourth-order valence-corrected chi connectivity index (χ4v) is 1.05. The van der Waals surface area contributed by atoms with Crippen molar-refractivity contribution in [3.05, 3.63) is 0 Å². The van der Waals surface area contributed by atoms with Crippen molar-refractivity contribution in [2.24, 2.45) is 0 Å². The van der Waals surface area contributed by atoms with Crippen molar-refractivity contribution in [2.75, 3.05) is 26.2 Å². The molecule has 0 unspecified atom stereocenters. The molecule has 4 nitrogen and oxygen atoms in total. The lowest BCUT2D eigenvalue weighted by Gasteiger charge is -2.21. The first-order chi connectivity index (χ1) is 6.26. The monoisotopic (exact) mass is 188 g/mol. The molecule has 4 heteroatoms. The molecule has 2 amide bonds. The van der Waals surface area contributed by atoms with Crippen LogP contribution in [0.2, 0.25) is 0 Å². The highest BCUT2D eigenvalue weighted by molar-refractivity contribution is 5.74. The van der Waals surface area contributed by atoms with Gasteiger partial charge in [-0.1, -0.05) is 13.8 Å². The summed E-state index contributed by atoms with van der Waals surface area (Å²) in [4.78, 5) is 13.0. The third-order valence-electron chi connectivity index (χ3n) is 1.68. The number of hydrogen-bond donors (Lipinski definition) is 2. The van der Waals surface area contributed by atoms with E-state index in [0.717, 1.165) is 12.8 Å². The van der Waals surface area contributed by atoms with Crippen LogP contribution in [0, 0.1) is 0 Å². The summed E-state index contributed by atoms with van der Waals surface area (Å²) in [6.07, 6.45) is 1.85. The molecule has 0 aliphatic carbocycles. The lowest BCUT2D eigenvalue weighted by molar-refractivity contribution is 0.177. The molecule has 0 aliphatic heterocycles. The molecule has 0 radical (unpaired) electrons. The average Bonchev–Trinajstić information content (AvgIpc) is 2.14. The van der Waals surface area contributed by atoms with E-state index in [1.807, 2.05) is 13.8 Å². The lowest BCUT2D eigenvalue weighted by atomic mass is 10.4. The number of carbonyl (C=O) groups is 1. The number of urea groups is 1. The molecule has 0 atom stereocenters. The highest BCUT2D eigenvalue weighted by Crippen LogP contribution is 1.91. The Morgan fingerprint density at radius 1 is 1.31 bits per heavy atom. The van der Waals surface area contributed by atoms with Gasteiger partial charge in [0, 0.05) is 19.6 Å². The van der Waals surface area contributed by atoms with Crippen molar-refractivity contribution < 1.29 is 9.90 Å². The van der Waals surface area contributed by atoms with E-state index in [4.69, 9.17) is 5.11 Å². The Morgan fingerprint density at radius 3 is 2.46 bits per heavy atom. The predicted octanol–water partition coefficient (Wildman–Crippen LogP) is 0.810. The maximum atomic E-state index is 11.4. The zero-order chi connectivity index (χ0) is 10.1. The molecule has 0 rings (SSSR count). The molecule has 0 fully saturated rings. The van der Waals surface area contributed by atoms with E-state index in [9.17, 15) is 4.79 Å². The largest absolute Gasteiger partial charge is 0.395 e. The van der Waals surface area contributed by atoms with Gasteiger partial charge in [0.2, 0.25) is 0 Å². The van der Waals surface area contributed by atoms with Crippen molar-refractivity contribution >= 4 is 6.03 Å². The van der Waals surface area contributed by atoms with Crippen molar-refractivity contribution in [1.29, 1.82) is 0 Å². The first kappa shape index (κ1) is 12.2. The van der Waals surface area contributed by atoms with Crippen LogP contribution in [0.4, 0.5) is 4.79 Å². The molecule has 0 aromatic carbocycles. The molecule has 0 aromatic rings. The molecule has 0 saturated heterocycles. The molecule has 0 heterocycles. The van der Waals surface area contributed by atoms with Crippen LogP contribution < -0.4 is 5.32 Å². The number of carbonyl (C=O) groups excluding carboxylic acids is 1. The van der Waals surface area contributed by atoms with Crippen molar-refractivity contribution in [1.82, 2.24) is 10.2 Å². The minimum Gasteiger partial charge on any atom is -0.395 e. The Bertz CT molecular complexity index is 134. The highest BCUT2D eigenvalue weighted by atomic mass is 16.3. The van der Waals surface area contributed by atoms with Crippen LogP contribution in [0.5, 0.6) is 0 Å². The highest BCUT2D eigenvalue weighted by Gasteiger charge is 2.09. The summed E-state index contributed by atoms with van der Waals surface area (Å²) in [6, 6.07) is -0.0715. The quantitative estimate of drug-likeness (QED) is 0.648. The van der Waals surface area contributed by atoms with Gasteiger partial charge in [-0.25, -0.2) is 4.79 Å². The van der Waals surface area contributed by atoms with Crippen LogP contribution in [0.3, 0.4) is 0 Å². The molecule has 0 spiro atoms. The molecule has 0 aromatic heterocycles. The van der Waals surface area contributed by atoms with Crippen molar-refractivity contribution in [3.8, 4) is 0 Å². The Balaban J connectivity index is 3.80. The normalized spacial score (nSPS) is 9.77. The number of aliphatic hydroxyl groups is 1. The summed E-state index contributed by atoms with van der Waals surface area (Å²) in [5.74, 6) is 0. The maximum absolute atomic E-state index is 11.4. The van der Waals surface area contributed by atoms with E-state index < -0.39 is 0 Å². The van der Waals surface area contributed by atoms with Gasteiger partial charge >= 0.3 is 6.03 Å². The first-order valence-electron chi connectivity index (χ1n) is 4.89. The van der Waals surface area contributed by atoms with Crippen LogP contribution in [0.15, 0.2) is 0 Å². The number of hydrogen-bond acceptors (Lipinski definition) is 2. The molecule has 0 saturated carbocycles. The first-order valence-corrected chi connectivity index (χ1v) is 4.89. The number of amides is 2. The van der Waals surface area contributed by atoms with Crippen LogP contribution in [0.25, 0.3) is 0 Å². The smallest absolute Gasteiger partial charge is 0.317 e. The maximum Gasteiger partial charge on any atom is 0.317 e. The number of rotatable bonds is 6. The number of nitrogens with zero attached hydrogens (tertiary/aromatic N) is 1. The van der Waals surface area contributed by atoms with E-state index in [2.05, 4.69) is 5.32 Å². The zero-order valence-corrected chi connectivity index (χ0v) is 8.55. The van der Waals surface area contributed by atoms with Crippen LogP contribution in [-0.2, 0) is 0 Å². The van der Waals surface area contributed by atoms with E-state index in [0.29, 0.717) is 19.6 Å². The van der Waals surface area contributed by atoms with Gasteiger partial charge in [0.25, 0.3) is 0 Å². The Labute approximate surface area is 79.9 Å². The van der Waals surface area contributed by atoms with Gasteiger partial charge in [0.15, 0.2) is 0 Å². The van der Waals surface area contributed by atoms with E-state index in [1.165, 1.54) is 0 Å². The summed E-state index contributed by atoms with van der Waals surface area (Å²) >= 11 is 0. The average molecular weight is 188 g/mol. The third kappa shape index (κ3) is 5.47. The fourth-order valence-electron chi connectivity index (χ4n) is 1.05. The molecular weight excluding hydrogens is 168 g/mol. The summed E-state index contributed by atoms with van der Waals surface area (Å²) in [7, 11) is 0. The second kappa shape index (κ2) is 7.86. The van der Waals surface area contributed by atoms with Crippen LogP contribution in [-0.4, -0.2) is 42.3 Å². The molecular formula is C9H20N2O2. The van der Waals surface area contributed by atoms with Gasteiger partial charge in [0.1, 0.15) is 0 Å². The lowest BCUT2D eigenvalue weighted by Crippen LogP contribution is -2.42.